The van der Waals surface area contributed by atoms with Crippen LogP contribution in [-0.2, 0) is 0 Å². The maximum Gasteiger partial charge on any atom is 0.0221 e. The fraction of sp³-hybridized carbons (Fsp3) is 1.00. The molecule has 2 atom stereocenters. The van der Waals surface area contributed by atoms with E-state index in [2.05, 4.69) is 17.1 Å². The molecule has 2 nitrogen and oxygen atoms in total. The van der Waals surface area contributed by atoms with Gasteiger partial charge in [0.25, 0.3) is 0 Å². The van der Waals surface area contributed by atoms with E-state index in [-0.39, 0.29) is 0 Å². The Balaban J connectivity index is 1.83. The summed E-state index contributed by atoms with van der Waals surface area (Å²) in [5, 5.41) is 3.51. The van der Waals surface area contributed by atoms with Crippen LogP contribution in [0.2, 0.25) is 0 Å². The molecule has 0 aromatic rings. The summed E-state index contributed by atoms with van der Waals surface area (Å²) in [5.74, 6) is 0.927. The molecule has 0 amide bonds. The average molecular weight is 182 g/mol. The topological polar surface area (TPSA) is 15.3 Å². The van der Waals surface area contributed by atoms with Crippen molar-refractivity contribution in [2.45, 2.75) is 38.6 Å². The van der Waals surface area contributed by atoms with Gasteiger partial charge in [0.15, 0.2) is 0 Å². The quantitative estimate of drug-likeness (QED) is 0.660. The largest absolute Gasteiger partial charge is 0.315 e. The molecule has 2 saturated heterocycles. The lowest BCUT2D eigenvalue weighted by atomic mass is 9.96. The van der Waals surface area contributed by atoms with E-state index in [1.165, 1.54) is 51.9 Å². The van der Waals surface area contributed by atoms with E-state index in [1.807, 2.05) is 0 Å². The summed E-state index contributed by atoms with van der Waals surface area (Å²) in [6, 6.07) is 0.844. The predicted octanol–water partition coefficient (Wildman–Crippen LogP) is 1.47. The predicted molar refractivity (Wildman–Crippen MR) is 55.9 cm³/mol. The smallest absolute Gasteiger partial charge is 0.0221 e. The van der Waals surface area contributed by atoms with Crippen LogP contribution >= 0.6 is 0 Å². The van der Waals surface area contributed by atoms with Gasteiger partial charge in [-0.15, -0.1) is 0 Å². The van der Waals surface area contributed by atoms with Crippen molar-refractivity contribution in [1.82, 2.24) is 10.2 Å². The molecule has 13 heavy (non-hydrogen) atoms. The molecule has 0 saturated carbocycles. The van der Waals surface area contributed by atoms with Crippen molar-refractivity contribution in [1.29, 1.82) is 0 Å². The molecule has 76 valence electrons. The zero-order chi connectivity index (χ0) is 9.10. The zero-order valence-corrected chi connectivity index (χ0v) is 8.76. The molecule has 2 fully saturated rings. The molecule has 0 aromatic carbocycles. The molecule has 0 spiro atoms. The Morgan fingerprint density at radius 3 is 2.85 bits per heavy atom. The van der Waals surface area contributed by atoms with Gasteiger partial charge in [-0.1, -0.05) is 6.92 Å². The minimum atomic E-state index is 0.844. The van der Waals surface area contributed by atoms with Gasteiger partial charge in [0.2, 0.25) is 0 Å². The highest BCUT2D eigenvalue weighted by atomic mass is 15.2. The van der Waals surface area contributed by atoms with Crippen molar-refractivity contribution < 1.29 is 0 Å². The maximum atomic E-state index is 3.51. The summed E-state index contributed by atoms with van der Waals surface area (Å²) >= 11 is 0. The first-order valence-corrected chi connectivity index (χ1v) is 5.81. The van der Waals surface area contributed by atoms with Crippen molar-refractivity contribution in [2.75, 3.05) is 26.2 Å². The molecular formula is C11H22N2. The number of piperidine rings is 2. The Bertz CT molecular complexity index is 152. The molecule has 2 unspecified atom stereocenters. The van der Waals surface area contributed by atoms with Crippen LogP contribution in [0.3, 0.4) is 0 Å². The van der Waals surface area contributed by atoms with E-state index >= 15 is 0 Å². The van der Waals surface area contributed by atoms with Crippen LogP contribution in [-0.4, -0.2) is 37.1 Å². The fourth-order valence-corrected chi connectivity index (χ4v) is 2.70. The lowest BCUT2D eigenvalue weighted by molar-refractivity contribution is 0.111. The molecule has 2 heterocycles. The van der Waals surface area contributed by atoms with Gasteiger partial charge in [0.1, 0.15) is 0 Å². The van der Waals surface area contributed by atoms with Crippen molar-refractivity contribution in [3.63, 3.8) is 0 Å². The molecule has 2 aliphatic heterocycles. The van der Waals surface area contributed by atoms with Gasteiger partial charge < -0.3 is 5.32 Å². The second kappa shape index (κ2) is 4.43. The first-order chi connectivity index (χ1) is 6.36. The molecule has 2 heteroatoms. The fourth-order valence-electron chi connectivity index (χ4n) is 2.70. The third-order valence-electron chi connectivity index (χ3n) is 3.48. The van der Waals surface area contributed by atoms with E-state index in [9.17, 15) is 0 Å². The van der Waals surface area contributed by atoms with Gasteiger partial charge >= 0.3 is 0 Å². The van der Waals surface area contributed by atoms with E-state index < -0.39 is 0 Å². The first-order valence-electron chi connectivity index (χ1n) is 5.81. The summed E-state index contributed by atoms with van der Waals surface area (Å²) in [4.78, 5) is 2.71. The Kier molecular flexibility index (Phi) is 3.23. The molecule has 0 bridgehead atoms. The normalized spacial score (nSPS) is 37.6. The van der Waals surface area contributed by atoms with Gasteiger partial charge in [-0.2, -0.15) is 0 Å². The van der Waals surface area contributed by atoms with Crippen LogP contribution < -0.4 is 5.32 Å². The van der Waals surface area contributed by atoms with Crippen molar-refractivity contribution in [2.24, 2.45) is 5.92 Å². The van der Waals surface area contributed by atoms with Crippen molar-refractivity contribution in [3.8, 4) is 0 Å². The molecule has 2 aliphatic rings. The molecule has 0 aromatic heterocycles. The zero-order valence-electron chi connectivity index (χ0n) is 8.76. The number of rotatable bonds is 1. The minimum Gasteiger partial charge on any atom is -0.315 e. The van der Waals surface area contributed by atoms with E-state index in [4.69, 9.17) is 0 Å². The Morgan fingerprint density at radius 2 is 2.15 bits per heavy atom. The van der Waals surface area contributed by atoms with Gasteiger partial charge in [0.05, 0.1) is 0 Å². The van der Waals surface area contributed by atoms with Gasteiger partial charge in [-0.05, 0) is 44.7 Å². The molecule has 0 radical (unpaired) electrons. The van der Waals surface area contributed by atoms with Crippen molar-refractivity contribution in [3.05, 3.63) is 0 Å². The first kappa shape index (κ1) is 9.47. The molecule has 0 aliphatic carbocycles. The maximum absolute atomic E-state index is 3.51. The van der Waals surface area contributed by atoms with Crippen LogP contribution in [0.1, 0.15) is 32.6 Å². The summed E-state index contributed by atoms with van der Waals surface area (Å²) in [5.41, 5.74) is 0. The van der Waals surface area contributed by atoms with Crippen LogP contribution in [0.4, 0.5) is 0 Å². The lowest BCUT2D eigenvalue weighted by Gasteiger charge is -2.39. The standard InChI is InChI=1S/C11H22N2/c1-10-4-3-7-13(9-10)11-5-2-6-12-8-11/h10-12H,2-9H2,1H3. The average Bonchev–Trinajstić information content (AvgIpc) is 2.19. The van der Waals surface area contributed by atoms with Crippen LogP contribution in [0.25, 0.3) is 0 Å². The van der Waals surface area contributed by atoms with Gasteiger partial charge in [0, 0.05) is 19.1 Å². The second-order valence-corrected chi connectivity index (χ2v) is 4.74. The highest BCUT2D eigenvalue weighted by molar-refractivity contribution is 4.81. The van der Waals surface area contributed by atoms with Gasteiger partial charge in [-0.25, -0.2) is 0 Å². The number of nitrogens with one attached hydrogen (secondary N) is 1. The third kappa shape index (κ3) is 2.44. The summed E-state index contributed by atoms with van der Waals surface area (Å²) in [6.07, 6.45) is 5.64. The SMILES string of the molecule is CC1CCCN(C2CCCNC2)C1. The van der Waals surface area contributed by atoms with Gasteiger partial charge in [-0.3, -0.25) is 4.90 Å². The minimum absolute atomic E-state index is 0.844. The summed E-state index contributed by atoms with van der Waals surface area (Å²) in [6.45, 7) is 7.54. The van der Waals surface area contributed by atoms with Crippen LogP contribution in [0.5, 0.6) is 0 Å². The summed E-state index contributed by atoms with van der Waals surface area (Å²) in [7, 11) is 0. The van der Waals surface area contributed by atoms with E-state index in [1.54, 1.807) is 0 Å². The highest BCUT2D eigenvalue weighted by Crippen LogP contribution is 2.20. The Hall–Kier alpha value is -0.0800. The Morgan fingerprint density at radius 1 is 1.23 bits per heavy atom. The number of likely N-dealkylation sites (tertiary alicyclic amines) is 1. The lowest BCUT2D eigenvalue weighted by Crippen LogP contribution is -2.49. The molecular weight excluding hydrogens is 160 g/mol. The third-order valence-corrected chi connectivity index (χ3v) is 3.48. The number of hydrogen-bond donors (Lipinski definition) is 1. The molecule has 1 N–H and O–H groups in total. The van der Waals surface area contributed by atoms with E-state index in [0.29, 0.717) is 0 Å². The number of hydrogen-bond acceptors (Lipinski definition) is 2. The summed E-state index contributed by atoms with van der Waals surface area (Å²) < 4.78 is 0. The van der Waals surface area contributed by atoms with Crippen LogP contribution in [0.15, 0.2) is 0 Å². The highest BCUT2D eigenvalue weighted by Gasteiger charge is 2.24. The van der Waals surface area contributed by atoms with Crippen LogP contribution in [0, 0.1) is 5.92 Å². The Labute approximate surface area is 81.7 Å². The monoisotopic (exact) mass is 182 g/mol. The number of nitrogens with zero attached hydrogens (tertiary/aromatic N) is 1. The van der Waals surface area contributed by atoms with Crippen molar-refractivity contribution >= 4 is 0 Å². The second-order valence-electron chi connectivity index (χ2n) is 4.74. The molecule has 2 rings (SSSR count). The van der Waals surface area contributed by atoms with E-state index in [0.717, 1.165) is 12.0 Å².